The summed E-state index contributed by atoms with van der Waals surface area (Å²) in [6.07, 6.45) is 2.17. The number of aryl methyl sites for hydroxylation is 1. The van der Waals surface area contributed by atoms with E-state index in [0.717, 1.165) is 19.6 Å². The van der Waals surface area contributed by atoms with Gasteiger partial charge in [-0.05, 0) is 36.6 Å². The fourth-order valence-electron chi connectivity index (χ4n) is 2.33. The number of nitrogens with zero attached hydrogens (tertiary/aromatic N) is 1. The molecule has 0 aliphatic carbocycles. The molecular weight excluding hydrogens is 252 g/mol. The molecule has 0 bridgehead atoms. The van der Waals surface area contributed by atoms with E-state index in [2.05, 4.69) is 65.5 Å². The van der Waals surface area contributed by atoms with Crippen molar-refractivity contribution in [2.75, 3.05) is 6.54 Å². The average molecular weight is 270 g/mol. The highest BCUT2D eigenvalue weighted by Crippen LogP contribution is 2.15. The lowest BCUT2D eigenvalue weighted by Crippen LogP contribution is -2.18. The number of aromatic nitrogens is 1. The van der Waals surface area contributed by atoms with Crippen LogP contribution in [0.2, 0.25) is 0 Å². The summed E-state index contributed by atoms with van der Waals surface area (Å²) in [7, 11) is 0. The van der Waals surface area contributed by atoms with Crippen LogP contribution in [0.5, 0.6) is 0 Å². The lowest BCUT2D eigenvalue weighted by atomic mass is 10.2. The van der Waals surface area contributed by atoms with Gasteiger partial charge in [0.15, 0.2) is 0 Å². The Morgan fingerprint density at radius 1 is 1.11 bits per heavy atom. The zero-order valence-electron chi connectivity index (χ0n) is 11.1. The maximum atomic E-state index is 3.51. The number of fused-ring (bicyclic) bond motifs is 1. The molecule has 98 valence electrons. The van der Waals surface area contributed by atoms with Gasteiger partial charge >= 0.3 is 0 Å². The molecule has 3 rings (SSSR count). The van der Waals surface area contributed by atoms with Crippen molar-refractivity contribution in [1.82, 2.24) is 9.88 Å². The molecule has 0 aliphatic heterocycles. The van der Waals surface area contributed by atoms with Gasteiger partial charge in [0, 0.05) is 41.1 Å². The number of hydrogen-bond acceptors (Lipinski definition) is 2. The van der Waals surface area contributed by atoms with Crippen molar-refractivity contribution in [3.05, 3.63) is 58.4 Å². The van der Waals surface area contributed by atoms with Crippen molar-refractivity contribution >= 4 is 22.2 Å². The largest absolute Gasteiger partial charge is 0.346 e. The van der Waals surface area contributed by atoms with Crippen LogP contribution in [0.25, 0.3) is 10.9 Å². The Balaban J connectivity index is 1.55. The molecule has 3 aromatic rings. The minimum Gasteiger partial charge on any atom is -0.346 e. The average Bonchev–Trinajstić information content (AvgIpc) is 3.02. The van der Waals surface area contributed by atoms with Crippen LogP contribution in [-0.2, 0) is 13.1 Å². The van der Waals surface area contributed by atoms with E-state index >= 15 is 0 Å². The zero-order chi connectivity index (χ0) is 13.1. The van der Waals surface area contributed by atoms with Gasteiger partial charge in [-0.1, -0.05) is 18.2 Å². The number of thiophene rings is 1. The van der Waals surface area contributed by atoms with Gasteiger partial charge < -0.3 is 9.88 Å². The Labute approximate surface area is 117 Å². The summed E-state index contributed by atoms with van der Waals surface area (Å²) in [5, 5.41) is 4.82. The summed E-state index contributed by atoms with van der Waals surface area (Å²) in [6, 6.07) is 15.1. The van der Waals surface area contributed by atoms with E-state index in [1.54, 1.807) is 0 Å². The predicted octanol–water partition coefficient (Wildman–Crippen LogP) is 3.80. The van der Waals surface area contributed by atoms with Gasteiger partial charge in [0.2, 0.25) is 0 Å². The van der Waals surface area contributed by atoms with E-state index in [0.29, 0.717) is 0 Å². The van der Waals surface area contributed by atoms with Crippen molar-refractivity contribution in [1.29, 1.82) is 0 Å². The van der Waals surface area contributed by atoms with Crippen LogP contribution in [0, 0.1) is 6.92 Å². The third kappa shape index (κ3) is 2.88. The molecule has 0 unspecified atom stereocenters. The van der Waals surface area contributed by atoms with E-state index < -0.39 is 0 Å². The number of hydrogen-bond donors (Lipinski definition) is 1. The third-order valence-corrected chi connectivity index (χ3v) is 4.31. The Morgan fingerprint density at radius 3 is 2.84 bits per heavy atom. The maximum absolute atomic E-state index is 3.51. The van der Waals surface area contributed by atoms with E-state index in [1.807, 2.05) is 11.3 Å². The highest BCUT2D eigenvalue weighted by Gasteiger charge is 2.00. The van der Waals surface area contributed by atoms with Gasteiger partial charge in [-0.3, -0.25) is 0 Å². The molecule has 2 aromatic heterocycles. The van der Waals surface area contributed by atoms with Crippen LogP contribution in [0.4, 0.5) is 0 Å². The second-order valence-corrected chi connectivity index (χ2v) is 6.13. The minimum absolute atomic E-state index is 0.970. The third-order valence-electron chi connectivity index (χ3n) is 3.30. The summed E-state index contributed by atoms with van der Waals surface area (Å²) < 4.78 is 2.31. The first kappa shape index (κ1) is 12.5. The Hall–Kier alpha value is -1.58. The normalized spacial score (nSPS) is 11.2. The van der Waals surface area contributed by atoms with Gasteiger partial charge in [-0.15, -0.1) is 11.3 Å². The standard InChI is InChI=1S/C16H18N2S/c1-13-6-7-15(19-13)12-17-9-11-18-10-8-14-4-2-3-5-16(14)18/h2-8,10,17H,9,11-12H2,1H3. The van der Waals surface area contributed by atoms with Crippen LogP contribution < -0.4 is 5.32 Å². The summed E-state index contributed by atoms with van der Waals surface area (Å²) in [6.45, 7) is 5.13. The molecule has 2 heterocycles. The second-order valence-electron chi connectivity index (χ2n) is 4.76. The van der Waals surface area contributed by atoms with Gasteiger partial charge in [0.25, 0.3) is 0 Å². The van der Waals surface area contributed by atoms with Crippen LogP contribution in [0.1, 0.15) is 9.75 Å². The Kier molecular flexibility index (Phi) is 3.67. The summed E-state index contributed by atoms with van der Waals surface area (Å²) in [5.41, 5.74) is 1.32. The molecule has 2 nitrogen and oxygen atoms in total. The molecule has 3 heteroatoms. The molecule has 19 heavy (non-hydrogen) atoms. The molecule has 0 spiro atoms. The van der Waals surface area contributed by atoms with Gasteiger partial charge in [0.1, 0.15) is 0 Å². The molecule has 0 aliphatic rings. The van der Waals surface area contributed by atoms with Crippen LogP contribution in [-0.4, -0.2) is 11.1 Å². The minimum atomic E-state index is 0.970. The highest BCUT2D eigenvalue weighted by atomic mass is 32.1. The molecule has 0 fully saturated rings. The number of benzene rings is 1. The van der Waals surface area contributed by atoms with Gasteiger partial charge in [0.05, 0.1) is 0 Å². The summed E-state index contributed by atoms with van der Waals surface area (Å²) in [4.78, 5) is 2.79. The molecular formula is C16H18N2S. The fraction of sp³-hybridized carbons (Fsp3) is 0.250. The number of nitrogens with one attached hydrogen (secondary N) is 1. The predicted molar refractivity (Wildman–Crippen MR) is 82.7 cm³/mol. The molecule has 0 atom stereocenters. The Morgan fingerprint density at radius 2 is 2.00 bits per heavy atom. The fourth-order valence-corrected chi connectivity index (χ4v) is 3.19. The smallest absolute Gasteiger partial charge is 0.0480 e. The van der Waals surface area contributed by atoms with Crippen molar-refractivity contribution in [2.45, 2.75) is 20.0 Å². The highest BCUT2D eigenvalue weighted by molar-refractivity contribution is 7.11. The zero-order valence-corrected chi connectivity index (χ0v) is 11.9. The van der Waals surface area contributed by atoms with E-state index in [1.165, 1.54) is 20.7 Å². The quantitative estimate of drug-likeness (QED) is 0.698. The summed E-state index contributed by atoms with van der Waals surface area (Å²) >= 11 is 1.87. The molecule has 0 radical (unpaired) electrons. The lowest BCUT2D eigenvalue weighted by Gasteiger charge is -2.06. The first-order valence-electron chi connectivity index (χ1n) is 6.63. The SMILES string of the molecule is Cc1ccc(CNCCn2ccc3ccccc32)s1. The topological polar surface area (TPSA) is 17.0 Å². The monoisotopic (exact) mass is 270 g/mol. The van der Waals surface area contributed by atoms with Crippen molar-refractivity contribution in [2.24, 2.45) is 0 Å². The van der Waals surface area contributed by atoms with Crippen molar-refractivity contribution < 1.29 is 0 Å². The van der Waals surface area contributed by atoms with Crippen molar-refractivity contribution in [3.8, 4) is 0 Å². The molecule has 0 saturated heterocycles. The van der Waals surface area contributed by atoms with E-state index in [9.17, 15) is 0 Å². The van der Waals surface area contributed by atoms with Gasteiger partial charge in [-0.25, -0.2) is 0 Å². The Bertz CT molecular complexity index is 666. The molecule has 0 saturated carbocycles. The van der Waals surface area contributed by atoms with Crippen LogP contribution >= 0.6 is 11.3 Å². The van der Waals surface area contributed by atoms with E-state index in [4.69, 9.17) is 0 Å². The van der Waals surface area contributed by atoms with Gasteiger partial charge in [-0.2, -0.15) is 0 Å². The number of para-hydroxylation sites is 1. The molecule has 1 aromatic carbocycles. The second kappa shape index (κ2) is 5.59. The van der Waals surface area contributed by atoms with E-state index in [-0.39, 0.29) is 0 Å². The first-order chi connectivity index (χ1) is 9.33. The van der Waals surface area contributed by atoms with Crippen LogP contribution in [0.3, 0.4) is 0 Å². The van der Waals surface area contributed by atoms with Crippen LogP contribution in [0.15, 0.2) is 48.7 Å². The number of rotatable bonds is 5. The molecule has 0 amide bonds. The molecule has 1 N–H and O–H groups in total. The maximum Gasteiger partial charge on any atom is 0.0480 e. The first-order valence-corrected chi connectivity index (χ1v) is 7.44. The van der Waals surface area contributed by atoms with Crippen molar-refractivity contribution in [3.63, 3.8) is 0 Å². The lowest BCUT2D eigenvalue weighted by molar-refractivity contribution is 0.613. The summed E-state index contributed by atoms with van der Waals surface area (Å²) in [5.74, 6) is 0.